The van der Waals surface area contributed by atoms with Crippen molar-refractivity contribution < 1.29 is 0 Å². The third-order valence-electron chi connectivity index (χ3n) is 3.48. The third-order valence-corrected chi connectivity index (χ3v) is 3.48. The van der Waals surface area contributed by atoms with Crippen LogP contribution in [0.5, 0.6) is 0 Å². The molecule has 1 aliphatic carbocycles. The summed E-state index contributed by atoms with van der Waals surface area (Å²) in [5.74, 6) is 2.36. The summed E-state index contributed by atoms with van der Waals surface area (Å²) < 4.78 is 1.92. The molecule has 1 N–H and O–H groups in total. The maximum Gasteiger partial charge on any atom is 0.0694 e. The maximum absolute atomic E-state index is 4.52. The zero-order valence-corrected chi connectivity index (χ0v) is 10.8. The molecule has 3 nitrogen and oxygen atoms in total. The zero-order valence-electron chi connectivity index (χ0n) is 10.8. The normalized spacial score (nSPS) is 24.1. The van der Waals surface area contributed by atoms with Crippen molar-refractivity contribution in [3.05, 3.63) is 17.5 Å². The summed E-state index contributed by atoms with van der Waals surface area (Å²) in [7, 11) is 2.00. The van der Waals surface area contributed by atoms with Gasteiger partial charge in [0, 0.05) is 25.4 Å². The quantitative estimate of drug-likeness (QED) is 0.826. The summed E-state index contributed by atoms with van der Waals surface area (Å²) in [4.78, 5) is 0. The number of aromatic nitrogens is 2. The molecule has 1 aliphatic rings. The topological polar surface area (TPSA) is 29.9 Å². The second-order valence-corrected chi connectivity index (χ2v) is 5.47. The largest absolute Gasteiger partial charge is 0.312 e. The van der Waals surface area contributed by atoms with Gasteiger partial charge in [-0.15, -0.1) is 0 Å². The van der Waals surface area contributed by atoms with Gasteiger partial charge in [-0.1, -0.05) is 20.8 Å². The van der Waals surface area contributed by atoms with Crippen molar-refractivity contribution in [2.24, 2.45) is 18.9 Å². The van der Waals surface area contributed by atoms with E-state index in [0.717, 1.165) is 24.9 Å². The molecule has 16 heavy (non-hydrogen) atoms. The Labute approximate surface area is 98.2 Å². The molecule has 0 saturated heterocycles. The van der Waals surface area contributed by atoms with Crippen molar-refractivity contribution in [1.82, 2.24) is 15.1 Å². The summed E-state index contributed by atoms with van der Waals surface area (Å²) in [5, 5.41) is 8.06. The lowest BCUT2D eigenvalue weighted by atomic mass is 10.1. The second kappa shape index (κ2) is 4.58. The van der Waals surface area contributed by atoms with Gasteiger partial charge in [-0.2, -0.15) is 5.10 Å². The van der Waals surface area contributed by atoms with Gasteiger partial charge in [0.2, 0.25) is 0 Å². The Balaban J connectivity index is 1.87. The smallest absolute Gasteiger partial charge is 0.0694 e. The predicted molar refractivity (Wildman–Crippen MR) is 66.3 cm³/mol. The molecule has 1 aromatic rings. The summed E-state index contributed by atoms with van der Waals surface area (Å²) in [5.41, 5.74) is 2.59. The van der Waals surface area contributed by atoms with Crippen LogP contribution >= 0.6 is 0 Å². The van der Waals surface area contributed by atoms with Crippen molar-refractivity contribution >= 4 is 0 Å². The van der Waals surface area contributed by atoms with E-state index in [9.17, 15) is 0 Å². The van der Waals surface area contributed by atoms with E-state index in [2.05, 4.69) is 37.4 Å². The number of nitrogens with zero attached hydrogens (tertiary/aromatic N) is 2. The predicted octanol–water partition coefficient (Wildman–Crippen LogP) is 2.29. The standard InChI is InChI=1S/C13H23N3/c1-9(2)13-12(8-16(4)15-13)7-14-6-11-5-10(11)3/h8-11,14H,5-7H2,1-4H3. The van der Waals surface area contributed by atoms with Gasteiger partial charge in [-0.25, -0.2) is 0 Å². The first kappa shape index (κ1) is 11.6. The SMILES string of the molecule is CC(C)c1nn(C)cc1CNCC1CC1C. The van der Waals surface area contributed by atoms with Gasteiger partial charge in [0.1, 0.15) is 0 Å². The molecule has 0 radical (unpaired) electrons. The van der Waals surface area contributed by atoms with E-state index < -0.39 is 0 Å². The fourth-order valence-corrected chi connectivity index (χ4v) is 2.25. The lowest BCUT2D eigenvalue weighted by molar-refractivity contribution is 0.607. The first-order valence-corrected chi connectivity index (χ1v) is 6.31. The average Bonchev–Trinajstić information content (AvgIpc) is 2.74. The Morgan fingerprint density at radius 2 is 2.25 bits per heavy atom. The second-order valence-electron chi connectivity index (χ2n) is 5.47. The minimum Gasteiger partial charge on any atom is -0.312 e. The Kier molecular flexibility index (Phi) is 3.33. The van der Waals surface area contributed by atoms with Crippen LogP contribution in [-0.2, 0) is 13.6 Å². The molecule has 0 aliphatic heterocycles. The van der Waals surface area contributed by atoms with Gasteiger partial charge in [-0.3, -0.25) is 4.68 Å². The number of aryl methyl sites for hydroxylation is 1. The number of rotatable bonds is 5. The molecule has 3 heteroatoms. The van der Waals surface area contributed by atoms with Crippen LogP contribution < -0.4 is 5.32 Å². The van der Waals surface area contributed by atoms with Crippen molar-refractivity contribution in [2.75, 3.05) is 6.54 Å². The third kappa shape index (κ3) is 2.64. The molecule has 0 amide bonds. The van der Waals surface area contributed by atoms with Crippen LogP contribution in [0, 0.1) is 11.8 Å². The van der Waals surface area contributed by atoms with Crippen molar-refractivity contribution in [3.8, 4) is 0 Å². The van der Waals surface area contributed by atoms with Gasteiger partial charge in [0.05, 0.1) is 5.69 Å². The van der Waals surface area contributed by atoms with Crippen LogP contribution in [0.2, 0.25) is 0 Å². The van der Waals surface area contributed by atoms with Crippen LogP contribution in [0.25, 0.3) is 0 Å². The van der Waals surface area contributed by atoms with E-state index in [-0.39, 0.29) is 0 Å². The highest BCUT2D eigenvalue weighted by Gasteiger charge is 2.31. The Morgan fingerprint density at radius 3 is 2.81 bits per heavy atom. The van der Waals surface area contributed by atoms with Crippen LogP contribution in [-0.4, -0.2) is 16.3 Å². The van der Waals surface area contributed by atoms with E-state index in [0.29, 0.717) is 5.92 Å². The molecule has 1 aromatic heterocycles. The number of hydrogen-bond donors (Lipinski definition) is 1. The molecule has 1 saturated carbocycles. The summed E-state index contributed by atoms with van der Waals surface area (Å²) in [6, 6.07) is 0. The fraction of sp³-hybridized carbons (Fsp3) is 0.769. The molecular formula is C13H23N3. The summed E-state index contributed by atoms with van der Waals surface area (Å²) in [6.07, 6.45) is 3.54. The van der Waals surface area contributed by atoms with Crippen molar-refractivity contribution in [2.45, 2.75) is 39.7 Å². The van der Waals surface area contributed by atoms with E-state index in [1.807, 2.05) is 11.7 Å². The number of nitrogens with one attached hydrogen (secondary N) is 1. The Hall–Kier alpha value is -0.830. The first-order valence-electron chi connectivity index (χ1n) is 6.31. The van der Waals surface area contributed by atoms with Crippen LogP contribution in [0.4, 0.5) is 0 Å². The molecule has 0 bridgehead atoms. The van der Waals surface area contributed by atoms with Crippen molar-refractivity contribution in [3.63, 3.8) is 0 Å². The van der Waals surface area contributed by atoms with Gasteiger partial charge < -0.3 is 5.32 Å². The van der Waals surface area contributed by atoms with Gasteiger partial charge >= 0.3 is 0 Å². The number of hydrogen-bond acceptors (Lipinski definition) is 2. The molecule has 0 aromatic carbocycles. The van der Waals surface area contributed by atoms with E-state index in [1.54, 1.807) is 0 Å². The highest BCUT2D eigenvalue weighted by atomic mass is 15.3. The highest BCUT2D eigenvalue weighted by molar-refractivity contribution is 5.19. The minimum absolute atomic E-state index is 0.512. The van der Waals surface area contributed by atoms with Gasteiger partial charge in [0.25, 0.3) is 0 Å². The van der Waals surface area contributed by atoms with Crippen LogP contribution in [0.1, 0.15) is 44.4 Å². The van der Waals surface area contributed by atoms with E-state index in [4.69, 9.17) is 0 Å². The monoisotopic (exact) mass is 221 g/mol. The van der Waals surface area contributed by atoms with Crippen LogP contribution in [0.3, 0.4) is 0 Å². The Morgan fingerprint density at radius 1 is 1.56 bits per heavy atom. The molecule has 2 atom stereocenters. The maximum atomic E-state index is 4.52. The summed E-state index contributed by atoms with van der Waals surface area (Å²) >= 11 is 0. The lowest BCUT2D eigenvalue weighted by Gasteiger charge is -2.06. The summed E-state index contributed by atoms with van der Waals surface area (Å²) in [6.45, 7) is 8.86. The molecule has 90 valence electrons. The van der Waals surface area contributed by atoms with Gasteiger partial charge in [0.15, 0.2) is 0 Å². The highest BCUT2D eigenvalue weighted by Crippen LogP contribution is 2.36. The Bertz CT molecular complexity index is 354. The molecular weight excluding hydrogens is 198 g/mol. The molecule has 1 heterocycles. The van der Waals surface area contributed by atoms with Crippen LogP contribution in [0.15, 0.2) is 6.20 Å². The zero-order chi connectivity index (χ0) is 11.7. The average molecular weight is 221 g/mol. The van der Waals surface area contributed by atoms with E-state index >= 15 is 0 Å². The molecule has 2 rings (SSSR count). The molecule has 1 fully saturated rings. The van der Waals surface area contributed by atoms with Gasteiger partial charge in [-0.05, 0) is 30.7 Å². The first-order chi connectivity index (χ1) is 7.58. The van der Waals surface area contributed by atoms with Crippen molar-refractivity contribution in [1.29, 1.82) is 0 Å². The molecule has 0 spiro atoms. The molecule has 2 unspecified atom stereocenters. The van der Waals surface area contributed by atoms with E-state index in [1.165, 1.54) is 17.7 Å². The lowest BCUT2D eigenvalue weighted by Crippen LogP contribution is -2.17. The fourth-order valence-electron chi connectivity index (χ4n) is 2.25. The minimum atomic E-state index is 0.512.